The Morgan fingerprint density at radius 3 is 2.67 bits per heavy atom. The van der Waals surface area contributed by atoms with Crippen molar-refractivity contribution in [3.63, 3.8) is 0 Å². The molecule has 2 aromatic rings. The molecule has 40 heavy (non-hydrogen) atoms. The average molecular weight is 571 g/mol. The number of aromatic nitrogens is 1. The van der Waals surface area contributed by atoms with Gasteiger partial charge in [-0.15, -0.1) is 11.3 Å². The fourth-order valence-electron chi connectivity index (χ4n) is 4.25. The van der Waals surface area contributed by atoms with Crippen molar-refractivity contribution in [3.05, 3.63) is 49.4 Å². The number of amides is 2. The lowest BCUT2D eigenvalue weighted by Gasteiger charge is -2.14. The van der Waals surface area contributed by atoms with Gasteiger partial charge in [0, 0.05) is 30.5 Å². The number of nitrogens with one attached hydrogen (secondary N) is 3. The van der Waals surface area contributed by atoms with Gasteiger partial charge in [0.05, 0.1) is 13.7 Å². The van der Waals surface area contributed by atoms with Crippen molar-refractivity contribution in [1.82, 2.24) is 20.1 Å². The number of nitriles is 1. The minimum atomic E-state index is -1.36. The average Bonchev–Trinajstić information content (AvgIpc) is 3.60. The molecule has 0 spiro atoms. The van der Waals surface area contributed by atoms with E-state index in [9.17, 15) is 29.5 Å². The molecule has 3 rings (SSSR count). The number of aliphatic hydroxyl groups is 1. The molecule has 1 aromatic heterocycles. The van der Waals surface area contributed by atoms with Gasteiger partial charge in [-0.25, -0.2) is 4.79 Å². The van der Waals surface area contributed by atoms with Crippen LogP contribution in [-0.2, 0) is 20.9 Å². The Balaban J connectivity index is 1.77. The Hall–Kier alpha value is -3.99. The van der Waals surface area contributed by atoms with E-state index in [0.717, 1.165) is 44.5 Å². The maximum Gasteiger partial charge on any atom is 0.330 e. The van der Waals surface area contributed by atoms with E-state index in [4.69, 9.17) is 0 Å². The molecule has 1 aliphatic heterocycles. The Labute approximate surface area is 235 Å². The van der Waals surface area contributed by atoms with Crippen molar-refractivity contribution < 1.29 is 24.2 Å². The van der Waals surface area contributed by atoms with Gasteiger partial charge in [0.15, 0.2) is 11.6 Å². The number of likely N-dealkylation sites (tertiary alicyclic amines) is 1. The van der Waals surface area contributed by atoms with E-state index in [0.29, 0.717) is 17.8 Å². The maximum atomic E-state index is 13.0. The van der Waals surface area contributed by atoms with Crippen molar-refractivity contribution in [2.75, 3.05) is 45.2 Å². The molecule has 2 heterocycles. The molecule has 1 unspecified atom stereocenters. The number of rotatable bonds is 12. The zero-order valence-electron chi connectivity index (χ0n) is 22.6. The third-order valence-electron chi connectivity index (χ3n) is 6.38. The zero-order valence-corrected chi connectivity index (χ0v) is 23.4. The molecule has 13 heteroatoms. The van der Waals surface area contributed by atoms with E-state index in [2.05, 4.69) is 25.6 Å². The SMILES string of the molecule is CCn1c(=C(C#N)C(=O)NC(CO)C(=O)OC)sc(=CNc2cccc(C(=O)NCCCN3CCCC3)c2)c1=O. The lowest BCUT2D eigenvalue weighted by molar-refractivity contribution is -0.145. The first-order chi connectivity index (χ1) is 19.3. The van der Waals surface area contributed by atoms with E-state index in [-0.39, 0.29) is 27.2 Å². The number of aliphatic hydroxyl groups excluding tert-OH is 1. The first-order valence-electron chi connectivity index (χ1n) is 13.0. The van der Waals surface area contributed by atoms with Crippen LogP contribution in [0.2, 0.25) is 0 Å². The van der Waals surface area contributed by atoms with Crippen molar-refractivity contribution in [1.29, 1.82) is 5.26 Å². The number of nitrogens with zero attached hydrogens (tertiary/aromatic N) is 3. The summed E-state index contributed by atoms with van der Waals surface area (Å²) in [7, 11) is 1.10. The number of hydrogen-bond donors (Lipinski definition) is 4. The number of methoxy groups -OCH3 is 1. The van der Waals surface area contributed by atoms with Crippen LogP contribution >= 0.6 is 11.3 Å². The fourth-order valence-corrected chi connectivity index (χ4v) is 5.34. The molecule has 1 saturated heterocycles. The summed E-state index contributed by atoms with van der Waals surface area (Å²) in [4.78, 5) is 52.5. The lowest BCUT2D eigenvalue weighted by Crippen LogP contribution is -2.45. The number of esters is 1. The highest BCUT2D eigenvalue weighted by Gasteiger charge is 2.24. The first-order valence-corrected chi connectivity index (χ1v) is 13.9. The molecule has 2 amide bonds. The monoisotopic (exact) mass is 570 g/mol. The number of thiazole rings is 1. The fraction of sp³-hybridized carbons (Fsp3) is 0.444. The van der Waals surface area contributed by atoms with E-state index < -0.39 is 30.1 Å². The van der Waals surface area contributed by atoms with Crippen LogP contribution in [0, 0.1) is 11.3 Å². The number of carbonyl (C=O) groups is 3. The highest BCUT2D eigenvalue weighted by Crippen LogP contribution is 2.11. The summed E-state index contributed by atoms with van der Waals surface area (Å²) < 4.78 is 6.13. The minimum Gasteiger partial charge on any atom is -0.467 e. The number of carbonyl (C=O) groups excluding carboxylic acids is 3. The lowest BCUT2D eigenvalue weighted by atomic mass is 10.2. The number of hydrogen-bond acceptors (Lipinski definition) is 10. The molecule has 1 atom stereocenters. The highest BCUT2D eigenvalue weighted by molar-refractivity contribution is 7.07. The van der Waals surface area contributed by atoms with E-state index >= 15 is 0 Å². The third-order valence-corrected chi connectivity index (χ3v) is 7.51. The number of ether oxygens (including phenoxy) is 1. The maximum absolute atomic E-state index is 13.0. The summed E-state index contributed by atoms with van der Waals surface area (Å²) in [5.74, 6) is -1.98. The molecule has 0 saturated carbocycles. The molecule has 1 aliphatic rings. The molecular weight excluding hydrogens is 536 g/mol. The predicted octanol–water partition coefficient (Wildman–Crippen LogP) is -0.680. The van der Waals surface area contributed by atoms with Gasteiger partial charge in [-0.1, -0.05) is 6.07 Å². The van der Waals surface area contributed by atoms with Gasteiger partial charge in [0.1, 0.15) is 15.3 Å². The third kappa shape index (κ3) is 7.78. The summed E-state index contributed by atoms with van der Waals surface area (Å²) in [6.45, 7) is 4.95. The largest absolute Gasteiger partial charge is 0.467 e. The molecular formula is C27H34N6O6S. The van der Waals surface area contributed by atoms with Crippen molar-refractivity contribution in [2.24, 2.45) is 0 Å². The van der Waals surface area contributed by atoms with Crippen LogP contribution in [0.4, 0.5) is 5.69 Å². The molecule has 0 bridgehead atoms. The second-order valence-corrected chi connectivity index (χ2v) is 10.1. The predicted molar refractivity (Wildman–Crippen MR) is 151 cm³/mol. The van der Waals surface area contributed by atoms with Crippen LogP contribution in [0.3, 0.4) is 0 Å². The Morgan fingerprint density at radius 1 is 1.27 bits per heavy atom. The van der Waals surface area contributed by atoms with Gasteiger partial charge in [-0.3, -0.25) is 19.0 Å². The Kier molecular flexibility index (Phi) is 11.4. The highest BCUT2D eigenvalue weighted by atomic mass is 32.1. The summed E-state index contributed by atoms with van der Waals surface area (Å²) in [6.07, 6.45) is 4.80. The summed E-state index contributed by atoms with van der Waals surface area (Å²) in [6, 6.07) is 7.28. The van der Waals surface area contributed by atoms with Crippen molar-refractivity contribution in [2.45, 2.75) is 38.8 Å². The standard InChI is InChI=1S/C27H34N6O6S/c1-3-33-25(37)22(40-26(33)20(15-28)24(36)31-21(17-34)27(38)39-2)16-30-19-9-6-8-18(14-19)23(35)29-10-7-13-32-11-4-5-12-32/h6,8-9,14,16,21,30,34H,3-5,7,10-13,17H2,1-2H3,(H,29,35)(H,31,36). The quantitative estimate of drug-likeness (QED) is 0.191. The molecule has 12 nitrogen and oxygen atoms in total. The Morgan fingerprint density at radius 2 is 2.02 bits per heavy atom. The van der Waals surface area contributed by atoms with Gasteiger partial charge in [0.2, 0.25) is 0 Å². The number of benzene rings is 1. The van der Waals surface area contributed by atoms with E-state index in [1.54, 1.807) is 37.3 Å². The topological polar surface area (TPSA) is 166 Å². The molecule has 1 fully saturated rings. The second kappa shape index (κ2) is 15.0. The van der Waals surface area contributed by atoms with Gasteiger partial charge < -0.3 is 30.7 Å². The first kappa shape index (κ1) is 30.6. The summed E-state index contributed by atoms with van der Waals surface area (Å²) >= 11 is 0.924. The van der Waals surface area contributed by atoms with Gasteiger partial charge in [-0.05, 0) is 64.0 Å². The Bertz CT molecular complexity index is 1440. The smallest absolute Gasteiger partial charge is 0.330 e. The minimum absolute atomic E-state index is 0.101. The van der Waals surface area contributed by atoms with Crippen molar-refractivity contribution >= 4 is 46.6 Å². The molecule has 1 aromatic carbocycles. The van der Waals surface area contributed by atoms with Gasteiger partial charge in [-0.2, -0.15) is 5.26 Å². The molecule has 0 aliphatic carbocycles. The second-order valence-electron chi connectivity index (χ2n) is 9.07. The van der Waals surface area contributed by atoms with Crippen LogP contribution in [0.1, 0.15) is 36.5 Å². The van der Waals surface area contributed by atoms with Crippen LogP contribution in [0.15, 0.2) is 29.1 Å². The van der Waals surface area contributed by atoms with Crippen molar-refractivity contribution in [3.8, 4) is 6.07 Å². The summed E-state index contributed by atoms with van der Waals surface area (Å²) in [5.41, 5.74) is 0.245. The zero-order chi connectivity index (χ0) is 29.1. The normalized spacial score (nSPS) is 15.2. The van der Waals surface area contributed by atoms with Gasteiger partial charge in [0.25, 0.3) is 17.4 Å². The molecule has 214 valence electrons. The van der Waals surface area contributed by atoms with E-state index in [1.165, 1.54) is 23.6 Å². The van der Waals surface area contributed by atoms with E-state index in [1.807, 2.05) is 0 Å². The van der Waals surface area contributed by atoms with Crippen LogP contribution < -0.4 is 30.7 Å². The van der Waals surface area contributed by atoms with Crippen LogP contribution in [-0.4, -0.2) is 78.3 Å². The number of anilines is 1. The van der Waals surface area contributed by atoms with Crippen LogP contribution in [0.25, 0.3) is 11.8 Å². The van der Waals surface area contributed by atoms with Gasteiger partial charge >= 0.3 is 5.97 Å². The van der Waals surface area contributed by atoms with Crippen LogP contribution in [0.5, 0.6) is 0 Å². The molecule has 0 radical (unpaired) electrons. The molecule has 4 N–H and O–H groups in total. The summed E-state index contributed by atoms with van der Waals surface area (Å²) in [5, 5.41) is 27.3.